The Morgan fingerprint density at radius 1 is 1.25 bits per heavy atom. The molecule has 0 amide bonds. The number of rotatable bonds is 7. The second kappa shape index (κ2) is 7.42. The van der Waals surface area contributed by atoms with Gasteiger partial charge >= 0.3 is 0 Å². The summed E-state index contributed by atoms with van der Waals surface area (Å²) in [4.78, 5) is 0. The fourth-order valence-electron chi connectivity index (χ4n) is 1.73. The highest BCUT2D eigenvalue weighted by Crippen LogP contribution is 2.08. The minimum absolute atomic E-state index is 0.509. The van der Waals surface area contributed by atoms with Gasteiger partial charge in [0.05, 0.1) is 0 Å². The van der Waals surface area contributed by atoms with E-state index in [2.05, 4.69) is 36.5 Å². The smallest absolute Gasteiger partial charge is 0.0480 e. The second-order valence-electron chi connectivity index (χ2n) is 4.16. The maximum absolute atomic E-state index is 5.38. The fourth-order valence-corrected chi connectivity index (χ4v) is 1.73. The molecule has 0 heterocycles. The van der Waals surface area contributed by atoms with Crippen molar-refractivity contribution in [1.29, 1.82) is 0 Å². The van der Waals surface area contributed by atoms with E-state index in [1.165, 1.54) is 11.1 Å². The summed E-state index contributed by atoms with van der Waals surface area (Å²) < 4.78 is 5.38. The van der Waals surface area contributed by atoms with Crippen molar-refractivity contribution in [2.45, 2.75) is 32.7 Å². The molecule has 1 unspecified atom stereocenters. The lowest BCUT2D eigenvalue weighted by molar-refractivity contribution is 0.137. The van der Waals surface area contributed by atoms with Crippen molar-refractivity contribution in [2.24, 2.45) is 0 Å². The van der Waals surface area contributed by atoms with Gasteiger partial charge in [-0.05, 0) is 39.3 Å². The van der Waals surface area contributed by atoms with Gasteiger partial charge in [-0.15, -0.1) is 0 Å². The molecule has 1 aromatic rings. The number of hydrogen-bond donors (Lipinski definition) is 1. The zero-order valence-corrected chi connectivity index (χ0v) is 10.6. The maximum atomic E-state index is 5.38. The van der Waals surface area contributed by atoms with E-state index in [9.17, 15) is 0 Å². The second-order valence-corrected chi connectivity index (χ2v) is 4.16. The number of ether oxygens (including phenoxy) is 1. The van der Waals surface area contributed by atoms with Crippen molar-refractivity contribution in [3.05, 3.63) is 35.4 Å². The van der Waals surface area contributed by atoms with Crippen molar-refractivity contribution in [3.63, 3.8) is 0 Å². The van der Waals surface area contributed by atoms with Crippen molar-refractivity contribution in [1.82, 2.24) is 5.32 Å². The summed E-state index contributed by atoms with van der Waals surface area (Å²) in [6.45, 7) is 5.80. The first-order valence-corrected chi connectivity index (χ1v) is 6.06. The lowest BCUT2D eigenvalue weighted by Gasteiger charge is -2.16. The number of benzene rings is 1. The first-order valence-electron chi connectivity index (χ1n) is 6.06. The van der Waals surface area contributed by atoms with Crippen LogP contribution in [-0.4, -0.2) is 26.3 Å². The molecule has 1 aromatic carbocycles. The van der Waals surface area contributed by atoms with Crippen molar-refractivity contribution >= 4 is 0 Å². The van der Waals surface area contributed by atoms with Crippen LogP contribution in [0.1, 0.15) is 24.5 Å². The van der Waals surface area contributed by atoms with E-state index < -0.39 is 0 Å². The lowest BCUT2D eigenvalue weighted by atomic mass is 10.0. The normalized spacial score (nSPS) is 12.7. The van der Waals surface area contributed by atoms with Crippen LogP contribution in [0.15, 0.2) is 24.3 Å². The van der Waals surface area contributed by atoms with Crippen LogP contribution in [0.4, 0.5) is 0 Å². The number of likely N-dealkylation sites (N-methyl/N-ethyl adjacent to an activating group) is 1. The average Bonchev–Trinajstić information content (AvgIpc) is 2.31. The summed E-state index contributed by atoms with van der Waals surface area (Å²) in [6, 6.07) is 9.27. The Hall–Kier alpha value is -0.860. The summed E-state index contributed by atoms with van der Waals surface area (Å²) in [5.74, 6) is 0. The topological polar surface area (TPSA) is 21.3 Å². The minimum Gasteiger partial charge on any atom is -0.382 e. The van der Waals surface area contributed by atoms with Gasteiger partial charge in [0.25, 0.3) is 0 Å². The molecule has 1 atom stereocenters. The largest absolute Gasteiger partial charge is 0.382 e. The highest BCUT2D eigenvalue weighted by atomic mass is 16.5. The molecule has 0 aliphatic carbocycles. The summed E-state index contributed by atoms with van der Waals surface area (Å²) in [5.41, 5.74) is 2.71. The number of nitrogens with one attached hydrogen (secondary N) is 1. The van der Waals surface area contributed by atoms with Crippen LogP contribution in [0.5, 0.6) is 0 Å². The summed E-state index contributed by atoms with van der Waals surface area (Å²) in [6.07, 6.45) is 2.14. The van der Waals surface area contributed by atoms with Gasteiger partial charge in [-0.3, -0.25) is 0 Å². The minimum atomic E-state index is 0.509. The zero-order valence-electron chi connectivity index (χ0n) is 10.6. The molecule has 2 heteroatoms. The Morgan fingerprint density at radius 2 is 1.94 bits per heavy atom. The molecule has 0 aromatic heterocycles. The van der Waals surface area contributed by atoms with E-state index in [-0.39, 0.29) is 0 Å². The van der Waals surface area contributed by atoms with E-state index in [0.29, 0.717) is 6.04 Å². The third-order valence-electron chi connectivity index (χ3n) is 2.83. The predicted molar refractivity (Wildman–Crippen MR) is 68.8 cm³/mol. The van der Waals surface area contributed by atoms with E-state index in [1.807, 2.05) is 14.0 Å². The molecule has 2 nitrogen and oxygen atoms in total. The van der Waals surface area contributed by atoms with Crippen LogP contribution in [0, 0.1) is 6.92 Å². The SMILES string of the molecule is CCOCCC(Cc1ccc(C)cc1)NC. The quantitative estimate of drug-likeness (QED) is 0.714. The summed E-state index contributed by atoms with van der Waals surface area (Å²) in [5, 5.41) is 3.34. The molecular weight excluding hydrogens is 198 g/mol. The van der Waals surface area contributed by atoms with Crippen molar-refractivity contribution in [3.8, 4) is 0 Å². The molecule has 0 spiro atoms. The summed E-state index contributed by atoms with van der Waals surface area (Å²) >= 11 is 0. The molecule has 1 rings (SSSR count). The van der Waals surface area contributed by atoms with Gasteiger partial charge in [0.1, 0.15) is 0 Å². The van der Waals surface area contributed by atoms with Crippen LogP contribution in [-0.2, 0) is 11.2 Å². The van der Waals surface area contributed by atoms with E-state index in [1.54, 1.807) is 0 Å². The van der Waals surface area contributed by atoms with Crippen molar-refractivity contribution in [2.75, 3.05) is 20.3 Å². The number of hydrogen-bond acceptors (Lipinski definition) is 2. The van der Waals surface area contributed by atoms with Crippen LogP contribution in [0.2, 0.25) is 0 Å². The Bertz CT molecular complexity index is 281. The monoisotopic (exact) mass is 221 g/mol. The molecule has 16 heavy (non-hydrogen) atoms. The van der Waals surface area contributed by atoms with Crippen LogP contribution < -0.4 is 5.32 Å². The Labute approximate surface area is 99.0 Å². The molecular formula is C14H23NO. The Kier molecular flexibility index (Phi) is 6.12. The molecule has 0 radical (unpaired) electrons. The standard InChI is InChI=1S/C14H23NO/c1-4-16-10-9-14(15-3)11-13-7-5-12(2)6-8-13/h5-8,14-15H,4,9-11H2,1-3H3. The van der Waals surface area contributed by atoms with Gasteiger partial charge in [0.15, 0.2) is 0 Å². The fraction of sp³-hybridized carbons (Fsp3) is 0.571. The third kappa shape index (κ3) is 4.77. The lowest BCUT2D eigenvalue weighted by Crippen LogP contribution is -2.29. The van der Waals surface area contributed by atoms with Gasteiger partial charge in [-0.1, -0.05) is 29.8 Å². The molecule has 0 saturated carbocycles. The van der Waals surface area contributed by atoms with Gasteiger partial charge in [0.2, 0.25) is 0 Å². The predicted octanol–water partition coefficient (Wildman–Crippen LogP) is 2.55. The molecule has 0 bridgehead atoms. The van der Waals surface area contributed by atoms with E-state index in [4.69, 9.17) is 4.74 Å². The van der Waals surface area contributed by atoms with Crippen LogP contribution >= 0.6 is 0 Å². The van der Waals surface area contributed by atoms with Crippen LogP contribution in [0.3, 0.4) is 0 Å². The van der Waals surface area contributed by atoms with Crippen molar-refractivity contribution < 1.29 is 4.74 Å². The first-order chi connectivity index (χ1) is 7.76. The average molecular weight is 221 g/mol. The van der Waals surface area contributed by atoms with Crippen LogP contribution in [0.25, 0.3) is 0 Å². The highest BCUT2D eigenvalue weighted by Gasteiger charge is 2.06. The van der Waals surface area contributed by atoms with E-state index in [0.717, 1.165) is 26.1 Å². The van der Waals surface area contributed by atoms with Gasteiger partial charge in [-0.25, -0.2) is 0 Å². The Morgan fingerprint density at radius 3 is 2.50 bits per heavy atom. The zero-order chi connectivity index (χ0) is 11.8. The molecule has 0 aliphatic heterocycles. The molecule has 0 aliphatic rings. The van der Waals surface area contributed by atoms with Gasteiger partial charge in [0, 0.05) is 19.3 Å². The Balaban J connectivity index is 2.40. The molecule has 0 fully saturated rings. The molecule has 1 N–H and O–H groups in total. The van der Waals surface area contributed by atoms with E-state index >= 15 is 0 Å². The van der Waals surface area contributed by atoms with Gasteiger partial charge < -0.3 is 10.1 Å². The third-order valence-corrected chi connectivity index (χ3v) is 2.83. The maximum Gasteiger partial charge on any atom is 0.0480 e. The summed E-state index contributed by atoms with van der Waals surface area (Å²) in [7, 11) is 2.02. The highest BCUT2D eigenvalue weighted by molar-refractivity contribution is 5.22. The number of aryl methyl sites for hydroxylation is 1. The van der Waals surface area contributed by atoms with Gasteiger partial charge in [-0.2, -0.15) is 0 Å². The molecule has 0 saturated heterocycles. The first kappa shape index (κ1) is 13.2. The molecule has 90 valence electrons.